The molecule has 0 aliphatic heterocycles. The summed E-state index contributed by atoms with van der Waals surface area (Å²) < 4.78 is 0. The molecule has 2 aliphatic rings. The van der Waals surface area contributed by atoms with Gasteiger partial charge >= 0.3 is 6.03 Å². The molecular weight excluding hydrogens is 214 g/mol. The van der Waals surface area contributed by atoms with Gasteiger partial charge in [-0.2, -0.15) is 5.10 Å². The summed E-state index contributed by atoms with van der Waals surface area (Å²) in [7, 11) is 0. The van der Waals surface area contributed by atoms with Crippen molar-refractivity contribution in [2.45, 2.75) is 51.9 Å². The van der Waals surface area contributed by atoms with Crippen LogP contribution in [-0.4, -0.2) is 11.7 Å². The van der Waals surface area contributed by atoms with Crippen LogP contribution in [0.25, 0.3) is 0 Å². The van der Waals surface area contributed by atoms with Gasteiger partial charge in [-0.25, -0.2) is 10.2 Å². The van der Waals surface area contributed by atoms with Crippen molar-refractivity contribution >= 4 is 11.7 Å². The molecule has 0 aromatic carbocycles. The first kappa shape index (κ1) is 12.1. The van der Waals surface area contributed by atoms with Gasteiger partial charge in [0.2, 0.25) is 0 Å². The van der Waals surface area contributed by atoms with E-state index in [4.69, 9.17) is 5.73 Å². The topological polar surface area (TPSA) is 67.5 Å². The number of nitrogens with zero attached hydrogens (tertiary/aromatic N) is 1. The molecule has 1 atom stereocenters. The number of amides is 2. The highest BCUT2D eigenvalue weighted by atomic mass is 16.2. The van der Waals surface area contributed by atoms with E-state index in [9.17, 15) is 4.79 Å². The number of allylic oxidation sites excluding steroid dienone is 2. The maximum atomic E-state index is 10.7. The molecular formula is C13H21N3O. The lowest BCUT2D eigenvalue weighted by Gasteiger charge is -2.42. The van der Waals surface area contributed by atoms with Crippen molar-refractivity contribution in [3.63, 3.8) is 0 Å². The Labute approximate surface area is 102 Å². The Bertz CT molecular complexity index is 373. The Kier molecular flexibility index (Phi) is 3.50. The predicted molar refractivity (Wildman–Crippen MR) is 68.7 cm³/mol. The van der Waals surface area contributed by atoms with Gasteiger partial charge in [-0.3, -0.25) is 0 Å². The van der Waals surface area contributed by atoms with E-state index in [0.29, 0.717) is 0 Å². The number of hydrazone groups is 1. The Morgan fingerprint density at radius 3 is 2.94 bits per heavy atom. The van der Waals surface area contributed by atoms with Crippen LogP contribution >= 0.6 is 0 Å². The number of hydrogen-bond acceptors (Lipinski definition) is 2. The van der Waals surface area contributed by atoms with Crippen LogP contribution in [0.4, 0.5) is 4.79 Å². The van der Waals surface area contributed by atoms with Crippen molar-refractivity contribution in [3.05, 3.63) is 11.6 Å². The van der Waals surface area contributed by atoms with Gasteiger partial charge in [-0.05, 0) is 45.4 Å². The molecule has 2 rings (SSSR count). The fourth-order valence-corrected chi connectivity index (χ4v) is 3.25. The molecule has 0 aromatic rings. The molecule has 4 nitrogen and oxygen atoms in total. The smallest absolute Gasteiger partial charge is 0.332 e. The van der Waals surface area contributed by atoms with Gasteiger partial charge < -0.3 is 5.73 Å². The first-order chi connectivity index (χ1) is 8.15. The fourth-order valence-electron chi connectivity index (χ4n) is 3.25. The highest BCUT2D eigenvalue weighted by molar-refractivity contribution is 5.92. The van der Waals surface area contributed by atoms with Crippen LogP contribution in [0.3, 0.4) is 0 Å². The van der Waals surface area contributed by atoms with E-state index in [1.54, 1.807) is 0 Å². The van der Waals surface area contributed by atoms with Crippen LogP contribution in [0, 0.1) is 5.41 Å². The largest absolute Gasteiger partial charge is 0.350 e. The molecule has 4 heteroatoms. The maximum Gasteiger partial charge on any atom is 0.332 e. The lowest BCUT2D eigenvalue weighted by Crippen LogP contribution is -2.38. The molecule has 1 fully saturated rings. The average Bonchev–Trinajstić information content (AvgIpc) is 2.35. The molecule has 0 heterocycles. The number of urea groups is 1. The Hall–Kier alpha value is -1.32. The van der Waals surface area contributed by atoms with Crippen molar-refractivity contribution in [2.75, 3.05) is 0 Å². The van der Waals surface area contributed by atoms with Gasteiger partial charge in [-0.1, -0.05) is 18.1 Å². The summed E-state index contributed by atoms with van der Waals surface area (Å²) in [5.74, 6) is 0. The second-order valence-electron chi connectivity index (χ2n) is 5.08. The molecule has 17 heavy (non-hydrogen) atoms. The third kappa shape index (κ3) is 2.35. The van der Waals surface area contributed by atoms with E-state index in [1.807, 2.05) is 6.92 Å². The van der Waals surface area contributed by atoms with E-state index < -0.39 is 6.03 Å². The highest BCUT2D eigenvalue weighted by Crippen LogP contribution is 2.48. The zero-order chi connectivity index (χ0) is 12.3. The van der Waals surface area contributed by atoms with E-state index in [1.165, 1.54) is 37.7 Å². The summed E-state index contributed by atoms with van der Waals surface area (Å²) in [6, 6.07) is -0.585. The van der Waals surface area contributed by atoms with Crippen molar-refractivity contribution < 1.29 is 4.79 Å². The maximum absolute atomic E-state index is 10.7. The number of nitrogens with one attached hydrogen (secondary N) is 1. The lowest BCUT2D eigenvalue weighted by molar-refractivity contribution is 0.249. The van der Waals surface area contributed by atoms with Crippen molar-refractivity contribution in [3.8, 4) is 0 Å². The standard InChI is InChI=1S/C13H21N3O/c1-10(15-16-12(14)17)13-8-4-2-6-11(13)7-3-5-9-13/h6H,2-5,7-9H2,1H3,(H3,14,16,17). The van der Waals surface area contributed by atoms with E-state index in [0.717, 1.165) is 18.6 Å². The van der Waals surface area contributed by atoms with E-state index in [-0.39, 0.29) is 5.41 Å². The summed E-state index contributed by atoms with van der Waals surface area (Å²) in [6.45, 7) is 2.01. The number of rotatable bonds is 2. The molecule has 1 saturated carbocycles. The predicted octanol–water partition coefficient (Wildman–Crippen LogP) is 2.70. The summed E-state index contributed by atoms with van der Waals surface area (Å²) >= 11 is 0. The summed E-state index contributed by atoms with van der Waals surface area (Å²) in [5.41, 5.74) is 10.1. The van der Waals surface area contributed by atoms with E-state index >= 15 is 0 Å². The number of fused-ring (bicyclic) bond motifs is 1. The van der Waals surface area contributed by atoms with Crippen LogP contribution < -0.4 is 11.2 Å². The van der Waals surface area contributed by atoms with E-state index in [2.05, 4.69) is 16.6 Å². The Morgan fingerprint density at radius 1 is 1.41 bits per heavy atom. The van der Waals surface area contributed by atoms with Crippen molar-refractivity contribution in [2.24, 2.45) is 16.3 Å². The molecule has 94 valence electrons. The fraction of sp³-hybridized carbons (Fsp3) is 0.692. The van der Waals surface area contributed by atoms with Crippen molar-refractivity contribution in [1.29, 1.82) is 0 Å². The second kappa shape index (κ2) is 4.90. The molecule has 0 saturated heterocycles. The van der Waals surface area contributed by atoms with Crippen LogP contribution in [0.2, 0.25) is 0 Å². The molecule has 2 aliphatic carbocycles. The van der Waals surface area contributed by atoms with Gasteiger partial charge in [-0.15, -0.1) is 0 Å². The SMILES string of the molecule is CC(=NNC(N)=O)C12CCCC=C1CCCC2. The first-order valence-electron chi connectivity index (χ1n) is 6.45. The van der Waals surface area contributed by atoms with Gasteiger partial charge in [0.05, 0.1) is 0 Å². The third-order valence-electron chi connectivity index (χ3n) is 4.14. The quantitative estimate of drug-likeness (QED) is 0.431. The van der Waals surface area contributed by atoms with Crippen molar-refractivity contribution in [1.82, 2.24) is 5.43 Å². The molecule has 3 N–H and O–H groups in total. The minimum absolute atomic E-state index is 0.110. The molecule has 2 amide bonds. The lowest BCUT2D eigenvalue weighted by atomic mass is 9.62. The van der Waals surface area contributed by atoms with Crippen LogP contribution in [0.5, 0.6) is 0 Å². The first-order valence-corrected chi connectivity index (χ1v) is 6.45. The number of carbonyl (C=O) groups is 1. The molecule has 0 bridgehead atoms. The van der Waals surface area contributed by atoms with Crippen LogP contribution in [0.1, 0.15) is 51.9 Å². The minimum Gasteiger partial charge on any atom is -0.350 e. The van der Waals surface area contributed by atoms with Gasteiger partial charge in [0.15, 0.2) is 0 Å². The zero-order valence-electron chi connectivity index (χ0n) is 10.5. The normalized spacial score (nSPS) is 29.2. The highest BCUT2D eigenvalue weighted by Gasteiger charge is 2.40. The Balaban J connectivity index is 2.24. The summed E-state index contributed by atoms with van der Waals surface area (Å²) in [6.07, 6.45) is 10.8. The monoisotopic (exact) mass is 235 g/mol. The molecule has 0 radical (unpaired) electrons. The Morgan fingerprint density at radius 2 is 2.18 bits per heavy atom. The number of hydrogen-bond donors (Lipinski definition) is 2. The van der Waals surface area contributed by atoms with Crippen LogP contribution in [-0.2, 0) is 0 Å². The average molecular weight is 235 g/mol. The number of carbonyl (C=O) groups excluding carboxylic acids is 1. The van der Waals surface area contributed by atoms with Gasteiger partial charge in [0.1, 0.15) is 0 Å². The van der Waals surface area contributed by atoms with Gasteiger partial charge in [0.25, 0.3) is 0 Å². The number of nitrogens with two attached hydrogens (primary N) is 1. The summed E-state index contributed by atoms with van der Waals surface area (Å²) in [4.78, 5) is 10.7. The van der Waals surface area contributed by atoms with Gasteiger partial charge in [0, 0.05) is 11.1 Å². The minimum atomic E-state index is -0.585. The molecule has 0 spiro atoms. The second-order valence-corrected chi connectivity index (χ2v) is 5.08. The zero-order valence-corrected chi connectivity index (χ0v) is 10.5. The molecule has 0 aromatic heterocycles. The van der Waals surface area contributed by atoms with Crippen LogP contribution in [0.15, 0.2) is 16.8 Å². The molecule has 1 unspecified atom stereocenters. The number of primary amides is 1. The summed E-state index contributed by atoms with van der Waals surface area (Å²) in [5, 5.41) is 4.17. The third-order valence-corrected chi connectivity index (χ3v) is 4.14.